The molecule has 1 aliphatic heterocycles. The van der Waals surface area contributed by atoms with Gasteiger partial charge in [-0.1, -0.05) is 29.8 Å². The van der Waals surface area contributed by atoms with Crippen molar-refractivity contribution in [3.05, 3.63) is 94.9 Å². The van der Waals surface area contributed by atoms with Crippen molar-refractivity contribution in [2.45, 2.75) is 19.4 Å². The van der Waals surface area contributed by atoms with Crippen LogP contribution in [0.3, 0.4) is 0 Å². The second kappa shape index (κ2) is 8.51. The van der Waals surface area contributed by atoms with Crippen molar-refractivity contribution in [1.29, 1.82) is 0 Å². The normalized spacial score (nSPS) is 15.6. The number of hydrogen-bond donors (Lipinski definition) is 0. The summed E-state index contributed by atoms with van der Waals surface area (Å²) in [4.78, 5) is 24.9. The number of aryl methyl sites for hydroxylation is 1. The Morgan fingerprint density at radius 2 is 1.94 bits per heavy atom. The second-order valence-corrected chi connectivity index (χ2v) is 7.09. The van der Waals surface area contributed by atoms with E-state index in [0.717, 1.165) is 23.3 Å². The highest BCUT2D eigenvalue weighted by Crippen LogP contribution is 2.33. The monoisotopic (exact) mass is 424 g/mol. The summed E-state index contributed by atoms with van der Waals surface area (Å²) < 4.78 is 37.2. The largest absolute Gasteiger partial charge is 0.467 e. The van der Waals surface area contributed by atoms with Gasteiger partial charge < -0.3 is 9.15 Å². The van der Waals surface area contributed by atoms with E-state index >= 15 is 0 Å². The topological polar surface area (TPSA) is 72.1 Å². The number of ether oxygens (including phenoxy) is 1. The van der Waals surface area contributed by atoms with Crippen LogP contribution in [0, 0.1) is 18.6 Å². The van der Waals surface area contributed by atoms with Gasteiger partial charge >= 0.3 is 5.97 Å². The van der Waals surface area contributed by atoms with E-state index < -0.39 is 41.7 Å². The molecule has 158 valence electrons. The molecule has 8 heteroatoms. The van der Waals surface area contributed by atoms with Crippen molar-refractivity contribution in [3.8, 4) is 0 Å². The van der Waals surface area contributed by atoms with Gasteiger partial charge in [0.1, 0.15) is 23.4 Å². The molecule has 1 atom stereocenters. The molecule has 1 aromatic heterocycles. The number of carbonyl (C=O) groups is 2. The lowest BCUT2D eigenvalue weighted by molar-refractivity contribution is -0.136. The van der Waals surface area contributed by atoms with Crippen LogP contribution >= 0.6 is 0 Å². The third kappa shape index (κ3) is 4.37. The molecule has 6 nitrogen and oxygen atoms in total. The van der Waals surface area contributed by atoms with E-state index in [9.17, 15) is 18.4 Å². The molecule has 2 aromatic carbocycles. The molecule has 0 spiro atoms. The van der Waals surface area contributed by atoms with Crippen molar-refractivity contribution in [3.63, 3.8) is 0 Å². The van der Waals surface area contributed by atoms with Crippen LogP contribution in [0.2, 0.25) is 0 Å². The van der Waals surface area contributed by atoms with Crippen LogP contribution in [0.4, 0.5) is 8.78 Å². The van der Waals surface area contributed by atoms with Crippen molar-refractivity contribution >= 4 is 17.6 Å². The van der Waals surface area contributed by atoms with Crippen LogP contribution in [0.15, 0.2) is 70.4 Å². The summed E-state index contributed by atoms with van der Waals surface area (Å²) in [6.45, 7) is 1.32. The standard InChI is InChI=1S/C23H18F2N2O4/c1-14-4-6-15(7-5-14)19-12-20(21-3-2-10-30-21)27(26-19)22(28)13-31-23(29)17-9-8-16(24)11-18(17)25/h2-11,20H,12-13H2,1H3. The summed E-state index contributed by atoms with van der Waals surface area (Å²) in [6.07, 6.45) is 1.92. The van der Waals surface area contributed by atoms with E-state index in [1.54, 1.807) is 12.1 Å². The summed E-state index contributed by atoms with van der Waals surface area (Å²) in [5, 5.41) is 5.64. The molecule has 0 radical (unpaired) electrons. The SMILES string of the molecule is Cc1ccc(C2=NN(C(=O)COC(=O)c3ccc(F)cc3F)C(c3ccco3)C2)cc1. The maximum Gasteiger partial charge on any atom is 0.341 e. The Balaban J connectivity index is 1.52. The highest BCUT2D eigenvalue weighted by molar-refractivity contribution is 6.03. The van der Waals surface area contributed by atoms with Crippen molar-refractivity contribution in [2.75, 3.05) is 6.61 Å². The molecule has 31 heavy (non-hydrogen) atoms. The Morgan fingerprint density at radius 1 is 1.16 bits per heavy atom. The van der Waals surface area contributed by atoms with Crippen molar-refractivity contribution < 1.29 is 27.5 Å². The molecule has 0 aliphatic carbocycles. The summed E-state index contributed by atoms with van der Waals surface area (Å²) >= 11 is 0. The van der Waals surface area contributed by atoms with Gasteiger partial charge in [-0.2, -0.15) is 5.10 Å². The number of benzene rings is 2. The lowest BCUT2D eigenvalue weighted by Crippen LogP contribution is -2.31. The minimum atomic E-state index is -1.07. The van der Waals surface area contributed by atoms with Gasteiger partial charge in [0.15, 0.2) is 6.61 Å². The van der Waals surface area contributed by atoms with Crippen LogP contribution in [-0.4, -0.2) is 29.2 Å². The van der Waals surface area contributed by atoms with Crippen molar-refractivity contribution in [1.82, 2.24) is 5.01 Å². The molecule has 0 saturated carbocycles. The highest BCUT2D eigenvalue weighted by atomic mass is 19.1. The predicted molar refractivity (Wildman–Crippen MR) is 107 cm³/mol. The molecular formula is C23H18F2N2O4. The van der Waals surface area contributed by atoms with Gasteiger partial charge in [0.2, 0.25) is 0 Å². The smallest absolute Gasteiger partial charge is 0.341 e. The molecule has 1 unspecified atom stereocenters. The number of halogens is 2. The summed E-state index contributed by atoms with van der Waals surface area (Å²) in [5.74, 6) is -3.01. The minimum absolute atomic E-state index is 0.419. The van der Waals surface area contributed by atoms with E-state index in [1.807, 2.05) is 31.2 Å². The van der Waals surface area contributed by atoms with Gasteiger partial charge in [0.05, 0.1) is 17.5 Å². The first-order chi connectivity index (χ1) is 14.9. The molecule has 0 fully saturated rings. The van der Waals surface area contributed by atoms with Gasteiger partial charge in [-0.3, -0.25) is 4.79 Å². The molecule has 2 heterocycles. The number of carbonyl (C=O) groups excluding carboxylic acids is 2. The quantitative estimate of drug-likeness (QED) is 0.569. The average molecular weight is 424 g/mol. The molecule has 0 N–H and O–H groups in total. The first-order valence-corrected chi connectivity index (χ1v) is 9.54. The molecular weight excluding hydrogens is 406 g/mol. The number of rotatable bonds is 5. The Labute approximate surface area is 176 Å². The number of hydrogen-bond acceptors (Lipinski definition) is 5. The zero-order chi connectivity index (χ0) is 22.0. The Kier molecular flexibility index (Phi) is 5.62. The van der Waals surface area contributed by atoms with E-state index in [1.165, 1.54) is 11.3 Å². The van der Waals surface area contributed by atoms with Crippen molar-refractivity contribution in [2.24, 2.45) is 5.10 Å². The maximum absolute atomic E-state index is 13.8. The second-order valence-electron chi connectivity index (χ2n) is 7.09. The fraction of sp³-hybridized carbons (Fsp3) is 0.174. The predicted octanol–water partition coefficient (Wildman–Crippen LogP) is 4.40. The summed E-state index contributed by atoms with van der Waals surface area (Å²) in [7, 11) is 0. The minimum Gasteiger partial charge on any atom is -0.467 e. The lowest BCUT2D eigenvalue weighted by atomic mass is 10.0. The van der Waals surface area contributed by atoms with E-state index in [4.69, 9.17) is 9.15 Å². The van der Waals surface area contributed by atoms with Gasteiger partial charge in [-0.25, -0.2) is 18.6 Å². The first kappa shape index (κ1) is 20.5. The van der Waals surface area contributed by atoms with Crippen LogP contribution in [0.5, 0.6) is 0 Å². The number of nitrogens with zero attached hydrogens (tertiary/aromatic N) is 2. The summed E-state index contributed by atoms with van der Waals surface area (Å²) in [5.41, 5.74) is 2.19. The van der Waals surface area contributed by atoms with Crippen LogP contribution < -0.4 is 0 Å². The van der Waals surface area contributed by atoms with Crippen LogP contribution in [0.25, 0.3) is 0 Å². The Hall–Kier alpha value is -3.81. The zero-order valence-corrected chi connectivity index (χ0v) is 16.5. The van der Waals surface area contributed by atoms with E-state index in [0.29, 0.717) is 24.0 Å². The van der Waals surface area contributed by atoms with E-state index in [-0.39, 0.29) is 0 Å². The number of esters is 1. The maximum atomic E-state index is 13.8. The molecule has 4 rings (SSSR count). The zero-order valence-electron chi connectivity index (χ0n) is 16.5. The van der Waals surface area contributed by atoms with Crippen LogP contribution in [0.1, 0.15) is 39.7 Å². The third-order valence-electron chi connectivity index (χ3n) is 4.90. The molecule has 0 bridgehead atoms. The Bertz CT molecular complexity index is 1140. The van der Waals surface area contributed by atoms with Gasteiger partial charge in [0, 0.05) is 12.5 Å². The fourth-order valence-corrected chi connectivity index (χ4v) is 3.29. The number of hydrazone groups is 1. The van der Waals surface area contributed by atoms with E-state index in [2.05, 4.69) is 5.10 Å². The molecule has 1 amide bonds. The Morgan fingerprint density at radius 3 is 2.61 bits per heavy atom. The fourth-order valence-electron chi connectivity index (χ4n) is 3.29. The summed E-state index contributed by atoms with van der Waals surface area (Å²) in [6, 6.07) is 13.1. The first-order valence-electron chi connectivity index (χ1n) is 9.54. The average Bonchev–Trinajstić information content (AvgIpc) is 3.42. The lowest BCUT2D eigenvalue weighted by Gasteiger charge is -2.19. The number of furan rings is 1. The third-order valence-corrected chi connectivity index (χ3v) is 4.90. The molecule has 1 aliphatic rings. The molecule has 3 aromatic rings. The highest BCUT2D eigenvalue weighted by Gasteiger charge is 2.35. The number of amides is 1. The van der Waals surface area contributed by atoms with Gasteiger partial charge in [0.25, 0.3) is 5.91 Å². The molecule has 0 saturated heterocycles. The van der Waals surface area contributed by atoms with Gasteiger partial charge in [-0.05, 0) is 36.8 Å². The van der Waals surface area contributed by atoms with Gasteiger partial charge in [-0.15, -0.1) is 0 Å². The van der Waals surface area contributed by atoms with Crippen LogP contribution in [-0.2, 0) is 9.53 Å².